The third kappa shape index (κ3) is 1.21. The lowest BCUT2D eigenvalue weighted by Gasteiger charge is -2.03. The maximum atomic E-state index is 4.27. The second-order valence-electron chi connectivity index (χ2n) is 2.84. The molecule has 1 aliphatic heterocycles. The van der Waals surface area contributed by atoms with Gasteiger partial charge in [0.2, 0.25) is 0 Å². The second kappa shape index (κ2) is 2.34. The average molecular weight is 123 g/mol. The summed E-state index contributed by atoms with van der Waals surface area (Å²) in [5, 5.41) is 0. The fourth-order valence-electron chi connectivity index (χ4n) is 1.14. The fourth-order valence-corrected chi connectivity index (χ4v) is 1.14. The first-order valence-corrected chi connectivity index (χ1v) is 3.44. The highest BCUT2D eigenvalue weighted by Gasteiger charge is 2.08. The van der Waals surface area contributed by atoms with Gasteiger partial charge in [-0.25, -0.2) is 0 Å². The van der Waals surface area contributed by atoms with Crippen LogP contribution in [0.15, 0.2) is 16.3 Å². The Bertz CT molecular complexity index is 163. The number of hydrogen-bond acceptors (Lipinski definition) is 1. The summed E-state index contributed by atoms with van der Waals surface area (Å²) in [4.78, 5) is 4.27. The molecule has 0 unspecified atom stereocenters. The molecule has 1 heteroatoms. The average Bonchev–Trinajstić information content (AvgIpc) is 2.13. The lowest BCUT2D eigenvalue weighted by molar-refractivity contribution is 0.752. The van der Waals surface area contributed by atoms with Gasteiger partial charge in [-0.3, -0.25) is 4.99 Å². The summed E-state index contributed by atoms with van der Waals surface area (Å²) in [5.74, 6) is 0.601. The largest absolute Gasteiger partial charge is 0.265 e. The monoisotopic (exact) mass is 123 g/mol. The van der Waals surface area contributed by atoms with Crippen LogP contribution in [-0.2, 0) is 0 Å². The molecule has 0 bridgehead atoms. The van der Waals surface area contributed by atoms with Gasteiger partial charge in [-0.05, 0) is 18.4 Å². The quantitative estimate of drug-likeness (QED) is 0.507. The Kier molecular flexibility index (Phi) is 1.70. The van der Waals surface area contributed by atoms with Gasteiger partial charge in [-0.1, -0.05) is 13.8 Å². The molecule has 0 atom stereocenters. The summed E-state index contributed by atoms with van der Waals surface area (Å²) >= 11 is 0. The first kappa shape index (κ1) is 6.53. The summed E-state index contributed by atoms with van der Waals surface area (Å²) in [6, 6.07) is 0. The predicted octanol–water partition coefficient (Wildman–Crippen LogP) is 2.39. The molecule has 1 heterocycles. The van der Waals surface area contributed by atoms with Gasteiger partial charge in [0, 0.05) is 18.3 Å². The van der Waals surface area contributed by atoms with Crippen molar-refractivity contribution in [3.8, 4) is 0 Å². The normalized spacial score (nSPS) is 18.2. The van der Waals surface area contributed by atoms with Crippen LogP contribution in [0.1, 0.15) is 27.2 Å². The molecule has 0 radical (unpaired) electrons. The minimum absolute atomic E-state index is 0.601. The molecule has 0 N–H and O–H groups in total. The zero-order valence-electron chi connectivity index (χ0n) is 6.31. The van der Waals surface area contributed by atoms with E-state index in [-0.39, 0.29) is 0 Å². The van der Waals surface area contributed by atoms with E-state index in [2.05, 4.69) is 25.8 Å². The van der Waals surface area contributed by atoms with Gasteiger partial charge in [0.05, 0.1) is 0 Å². The Balaban J connectivity index is 2.77. The molecular weight excluding hydrogens is 110 g/mol. The third-order valence-corrected chi connectivity index (χ3v) is 1.61. The predicted molar refractivity (Wildman–Crippen MR) is 40.6 cm³/mol. The van der Waals surface area contributed by atoms with Crippen LogP contribution in [0.5, 0.6) is 0 Å². The first-order valence-electron chi connectivity index (χ1n) is 3.44. The molecule has 50 valence electrons. The topological polar surface area (TPSA) is 12.4 Å². The SMILES string of the molecule is CC1=C(C(C)C)N=CC1. The summed E-state index contributed by atoms with van der Waals surface area (Å²) < 4.78 is 0. The van der Waals surface area contributed by atoms with Crippen molar-refractivity contribution in [2.75, 3.05) is 0 Å². The van der Waals surface area contributed by atoms with E-state index in [1.54, 1.807) is 0 Å². The molecule has 0 fully saturated rings. The van der Waals surface area contributed by atoms with Crippen LogP contribution in [0, 0.1) is 5.92 Å². The highest BCUT2D eigenvalue weighted by molar-refractivity contribution is 5.67. The van der Waals surface area contributed by atoms with Crippen molar-refractivity contribution in [1.29, 1.82) is 0 Å². The number of nitrogens with zero attached hydrogens (tertiary/aromatic N) is 1. The second-order valence-corrected chi connectivity index (χ2v) is 2.84. The van der Waals surface area contributed by atoms with Crippen LogP contribution in [0.4, 0.5) is 0 Å². The summed E-state index contributed by atoms with van der Waals surface area (Å²) in [7, 11) is 0. The molecule has 0 spiro atoms. The van der Waals surface area contributed by atoms with Crippen molar-refractivity contribution >= 4 is 6.21 Å². The van der Waals surface area contributed by atoms with Gasteiger partial charge in [-0.15, -0.1) is 0 Å². The first-order chi connectivity index (χ1) is 4.22. The molecule has 0 aromatic carbocycles. The van der Waals surface area contributed by atoms with Gasteiger partial charge in [0.1, 0.15) is 0 Å². The molecule has 0 amide bonds. The van der Waals surface area contributed by atoms with Crippen LogP contribution in [0.2, 0.25) is 0 Å². The molecular formula is C8H13N. The third-order valence-electron chi connectivity index (χ3n) is 1.61. The summed E-state index contributed by atoms with van der Waals surface area (Å²) in [5.41, 5.74) is 2.72. The Morgan fingerprint density at radius 1 is 1.56 bits per heavy atom. The Morgan fingerprint density at radius 3 is 2.44 bits per heavy atom. The van der Waals surface area contributed by atoms with E-state index in [1.807, 2.05) is 6.21 Å². The van der Waals surface area contributed by atoms with Crippen molar-refractivity contribution in [2.45, 2.75) is 27.2 Å². The molecule has 0 saturated heterocycles. The molecule has 0 aromatic heterocycles. The number of aliphatic imine (C=N–C) groups is 1. The smallest absolute Gasteiger partial charge is 0.0418 e. The van der Waals surface area contributed by atoms with E-state index in [0.29, 0.717) is 5.92 Å². The van der Waals surface area contributed by atoms with Crippen molar-refractivity contribution in [3.05, 3.63) is 11.3 Å². The minimum atomic E-state index is 0.601. The van der Waals surface area contributed by atoms with Gasteiger partial charge in [-0.2, -0.15) is 0 Å². The zero-order valence-corrected chi connectivity index (χ0v) is 6.31. The lowest BCUT2D eigenvalue weighted by Crippen LogP contribution is -1.89. The maximum absolute atomic E-state index is 4.27. The standard InChI is InChI=1S/C8H13N/c1-6(2)8-7(3)4-5-9-8/h5-6H,4H2,1-3H3. The van der Waals surface area contributed by atoms with Gasteiger partial charge in [0.25, 0.3) is 0 Å². The van der Waals surface area contributed by atoms with Crippen molar-refractivity contribution in [1.82, 2.24) is 0 Å². The number of allylic oxidation sites excluding steroid dienone is 2. The van der Waals surface area contributed by atoms with Gasteiger partial charge < -0.3 is 0 Å². The van der Waals surface area contributed by atoms with Gasteiger partial charge >= 0.3 is 0 Å². The highest BCUT2D eigenvalue weighted by Crippen LogP contribution is 2.21. The Morgan fingerprint density at radius 2 is 2.22 bits per heavy atom. The summed E-state index contributed by atoms with van der Waals surface area (Å²) in [6.45, 7) is 6.52. The number of rotatable bonds is 1. The van der Waals surface area contributed by atoms with E-state index in [4.69, 9.17) is 0 Å². The molecule has 0 aliphatic carbocycles. The van der Waals surface area contributed by atoms with Crippen molar-refractivity contribution in [2.24, 2.45) is 10.9 Å². The Hall–Kier alpha value is -0.590. The fraction of sp³-hybridized carbons (Fsp3) is 0.625. The molecule has 1 aliphatic rings. The van der Waals surface area contributed by atoms with Crippen LogP contribution < -0.4 is 0 Å². The van der Waals surface area contributed by atoms with Crippen molar-refractivity contribution < 1.29 is 0 Å². The van der Waals surface area contributed by atoms with Crippen molar-refractivity contribution in [3.63, 3.8) is 0 Å². The molecule has 9 heavy (non-hydrogen) atoms. The van der Waals surface area contributed by atoms with E-state index in [9.17, 15) is 0 Å². The highest BCUT2D eigenvalue weighted by atomic mass is 14.8. The maximum Gasteiger partial charge on any atom is 0.0418 e. The van der Waals surface area contributed by atoms with Crippen LogP contribution in [0.3, 0.4) is 0 Å². The number of hydrogen-bond donors (Lipinski definition) is 0. The Labute approximate surface area is 56.5 Å². The van der Waals surface area contributed by atoms with E-state index < -0.39 is 0 Å². The minimum Gasteiger partial charge on any atom is -0.265 e. The lowest BCUT2D eigenvalue weighted by atomic mass is 10.1. The van der Waals surface area contributed by atoms with E-state index in [1.165, 1.54) is 11.3 Å². The molecule has 0 aromatic rings. The van der Waals surface area contributed by atoms with Gasteiger partial charge in [0.15, 0.2) is 0 Å². The zero-order chi connectivity index (χ0) is 6.85. The van der Waals surface area contributed by atoms with E-state index >= 15 is 0 Å². The summed E-state index contributed by atoms with van der Waals surface area (Å²) in [6.07, 6.45) is 3.05. The van der Waals surface area contributed by atoms with Crippen LogP contribution in [-0.4, -0.2) is 6.21 Å². The molecule has 1 rings (SSSR count). The molecule has 0 saturated carbocycles. The van der Waals surface area contributed by atoms with Crippen LogP contribution >= 0.6 is 0 Å². The molecule has 1 nitrogen and oxygen atoms in total. The van der Waals surface area contributed by atoms with E-state index in [0.717, 1.165) is 6.42 Å². The van der Waals surface area contributed by atoms with Crippen LogP contribution in [0.25, 0.3) is 0 Å².